The Hall–Kier alpha value is -0.320. The zero-order valence-electron chi connectivity index (χ0n) is 5.66. The second-order valence-corrected chi connectivity index (χ2v) is 4.74. The van der Waals surface area contributed by atoms with Crippen molar-refractivity contribution in [1.29, 1.82) is 0 Å². The standard InChI is InChI=1S/C8H9NTe/c1-2-7-10-8-5-3-4-6-9-8/h2-6H,1,7H2. The first-order valence-electron chi connectivity index (χ1n) is 3.08. The van der Waals surface area contributed by atoms with Gasteiger partial charge in [-0.3, -0.25) is 0 Å². The van der Waals surface area contributed by atoms with Gasteiger partial charge in [-0.2, -0.15) is 0 Å². The van der Waals surface area contributed by atoms with E-state index in [-0.39, 0.29) is 20.9 Å². The summed E-state index contributed by atoms with van der Waals surface area (Å²) in [5.41, 5.74) is 0. The molecule has 2 heteroatoms. The van der Waals surface area contributed by atoms with E-state index >= 15 is 0 Å². The van der Waals surface area contributed by atoms with Crippen LogP contribution in [0.25, 0.3) is 0 Å². The fraction of sp³-hybridized carbons (Fsp3) is 0.125. The first-order chi connectivity index (χ1) is 4.93. The van der Waals surface area contributed by atoms with Crippen LogP contribution in [-0.2, 0) is 0 Å². The topological polar surface area (TPSA) is 12.9 Å². The number of nitrogens with zero attached hydrogens (tertiary/aromatic N) is 1. The third-order valence-electron chi connectivity index (χ3n) is 0.987. The third kappa shape index (κ3) is 2.51. The Morgan fingerprint density at radius 2 is 2.50 bits per heavy atom. The van der Waals surface area contributed by atoms with Crippen molar-refractivity contribution in [3.63, 3.8) is 0 Å². The van der Waals surface area contributed by atoms with Gasteiger partial charge >= 0.3 is 71.2 Å². The molecule has 0 saturated carbocycles. The molecular formula is C8H9NTe. The molecule has 0 fully saturated rings. The van der Waals surface area contributed by atoms with Crippen LogP contribution in [0, 0.1) is 0 Å². The molecule has 0 saturated heterocycles. The van der Waals surface area contributed by atoms with E-state index in [2.05, 4.69) is 17.6 Å². The van der Waals surface area contributed by atoms with Crippen LogP contribution in [0.1, 0.15) is 0 Å². The Labute approximate surface area is 71.3 Å². The van der Waals surface area contributed by atoms with Crippen LogP contribution in [0.5, 0.6) is 0 Å². The summed E-state index contributed by atoms with van der Waals surface area (Å²) in [6.07, 6.45) is 3.82. The van der Waals surface area contributed by atoms with Gasteiger partial charge in [-0.1, -0.05) is 0 Å². The van der Waals surface area contributed by atoms with Crippen LogP contribution in [-0.4, -0.2) is 25.9 Å². The zero-order valence-corrected chi connectivity index (χ0v) is 7.99. The molecule has 0 radical (unpaired) electrons. The molecule has 0 amide bonds. The molecule has 0 aliphatic carbocycles. The number of pyridine rings is 1. The zero-order chi connectivity index (χ0) is 7.23. The molecule has 1 aromatic heterocycles. The summed E-state index contributed by atoms with van der Waals surface area (Å²) in [5.74, 6) is 0. The van der Waals surface area contributed by atoms with E-state index in [0.29, 0.717) is 0 Å². The molecule has 0 spiro atoms. The van der Waals surface area contributed by atoms with E-state index in [1.807, 2.05) is 24.4 Å². The second-order valence-electron chi connectivity index (χ2n) is 1.77. The first-order valence-corrected chi connectivity index (χ1v) is 5.89. The van der Waals surface area contributed by atoms with E-state index in [1.54, 1.807) is 0 Å². The predicted octanol–water partition coefficient (Wildman–Crippen LogP) is 1.02. The molecule has 10 heavy (non-hydrogen) atoms. The van der Waals surface area contributed by atoms with Crippen LogP contribution >= 0.6 is 0 Å². The molecule has 0 aliphatic rings. The molecule has 1 nitrogen and oxygen atoms in total. The van der Waals surface area contributed by atoms with Crippen molar-refractivity contribution in [3.8, 4) is 0 Å². The van der Waals surface area contributed by atoms with Crippen LogP contribution < -0.4 is 3.74 Å². The molecule has 0 unspecified atom stereocenters. The molecule has 1 aromatic rings. The summed E-state index contributed by atoms with van der Waals surface area (Å²) in [6, 6.07) is 6.08. The molecule has 0 aliphatic heterocycles. The van der Waals surface area contributed by atoms with E-state index in [1.165, 1.54) is 3.74 Å². The first kappa shape index (κ1) is 7.78. The molecule has 0 aromatic carbocycles. The van der Waals surface area contributed by atoms with Crippen LogP contribution in [0.15, 0.2) is 37.1 Å². The summed E-state index contributed by atoms with van der Waals surface area (Å²) in [6.45, 7) is 3.68. The Balaban J connectivity index is 2.50. The summed E-state index contributed by atoms with van der Waals surface area (Å²) in [7, 11) is 0. The predicted molar refractivity (Wildman–Crippen MR) is 44.6 cm³/mol. The van der Waals surface area contributed by atoms with Gasteiger partial charge in [0.05, 0.1) is 0 Å². The Morgan fingerprint density at radius 1 is 1.60 bits per heavy atom. The second kappa shape index (κ2) is 4.49. The van der Waals surface area contributed by atoms with Crippen molar-refractivity contribution in [1.82, 2.24) is 4.98 Å². The molecule has 0 N–H and O–H groups in total. The van der Waals surface area contributed by atoms with Crippen molar-refractivity contribution in [2.45, 2.75) is 4.47 Å². The summed E-state index contributed by atoms with van der Waals surface area (Å²) in [5, 5.41) is 0. The van der Waals surface area contributed by atoms with Gasteiger partial charge in [-0.15, -0.1) is 0 Å². The van der Waals surface area contributed by atoms with Crippen molar-refractivity contribution < 1.29 is 0 Å². The number of hydrogen-bond donors (Lipinski definition) is 0. The van der Waals surface area contributed by atoms with Gasteiger partial charge < -0.3 is 0 Å². The number of aromatic nitrogens is 1. The van der Waals surface area contributed by atoms with Crippen LogP contribution in [0.3, 0.4) is 0 Å². The normalized spacial score (nSPS) is 9.20. The fourth-order valence-electron chi connectivity index (χ4n) is 0.577. The summed E-state index contributed by atoms with van der Waals surface area (Å²) < 4.78 is 2.41. The summed E-state index contributed by atoms with van der Waals surface area (Å²) >= 11 is -0.0673. The molecule has 0 bridgehead atoms. The maximum absolute atomic E-state index is 4.23. The van der Waals surface area contributed by atoms with Gasteiger partial charge in [0.2, 0.25) is 0 Å². The minimum absolute atomic E-state index is 0.0673. The Kier molecular flexibility index (Phi) is 3.49. The number of hydrogen-bond acceptors (Lipinski definition) is 1. The van der Waals surface area contributed by atoms with E-state index < -0.39 is 0 Å². The van der Waals surface area contributed by atoms with Gasteiger partial charge in [-0.05, 0) is 0 Å². The Bertz CT molecular complexity index is 196. The fourth-order valence-corrected chi connectivity index (χ4v) is 2.29. The van der Waals surface area contributed by atoms with E-state index in [9.17, 15) is 0 Å². The monoisotopic (exact) mass is 249 g/mol. The van der Waals surface area contributed by atoms with E-state index in [0.717, 1.165) is 4.47 Å². The van der Waals surface area contributed by atoms with Gasteiger partial charge in [0.25, 0.3) is 0 Å². The van der Waals surface area contributed by atoms with Gasteiger partial charge in [0.1, 0.15) is 0 Å². The molecule has 1 heterocycles. The van der Waals surface area contributed by atoms with Crippen molar-refractivity contribution in [2.24, 2.45) is 0 Å². The minimum atomic E-state index is -0.0673. The molecule has 1 rings (SSSR count). The Morgan fingerprint density at radius 3 is 3.10 bits per heavy atom. The van der Waals surface area contributed by atoms with Crippen LogP contribution in [0.2, 0.25) is 4.47 Å². The van der Waals surface area contributed by atoms with E-state index in [4.69, 9.17) is 0 Å². The SMILES string of the molecule is C=CC[Te]c1ccccn1. The van der Waals surface area contributed by atoms with Crippen molar-refractivity contribution in [2.75, 3.05) is 0 Å². The van der Waals surface area contributed by atoms with Crippen molar-refractivity contribution >= 4 is 24.7 Å². The maximum atomic E-state index is 4.23. The van der Waals surface area contributed by atoms with Crippen LogP contribution in [0.4, 0.5) is 0 Å². The van der Waals surface area contributed by atoms with Crippen molar-refractivity contribution in [3.05, 3.63) is 37.1 Å². The molecule has 52 valence electrons. The average Bonchev–Trinajstić information content (AvgIpc) is 2.03. The van der Waals surface area contributed by atoms with Gasteiger partial charge in [-0.25, -0.2) is 0 Å². The van der Waals surface area contributed by atoms with Gasteiger partial charge in [0, 0.05) is 0 Å². The van der Waals surface area contributed by atoms with Gasteiger partial charge in [0.15, 0.2) is 0 Å². The number of allylic oxidation sites excluding steroid dienone is 1. The molecule has 0 atom stereocenters. The third-order valence-corrected chi connectivity index (χ3v) is 3.67. The average molecular weight is 247 g/mol. The number of rotatable bonds is 3. The quantitative estimate of drug-likeness (QED) is 0.573. The summed E-state index contributed by atoms with van der Waals surface area (Å²) in [4.78, 5) is 4.23. The molecular weight excluding hydrogens is 238 g/mol.